The van der Waals surface area contributed by atoms with Crippen LogP contribution in [-0.4, -0.2) is 60.3 Å². The summed E-state index contributed by atoms with van der Waals surface area (Å²) in [4.78, 5) is 14.4. The molecule has 2 aliphatic rings. The first-order chi connectivity index (χ1) is 8.69. The smallest absolute Gasteiger partial charge is 0.237 e. The zero-order valence-electron chi connectivity index (χ0n) is 12.0. The summed E-state index contributed by atoms with van der Waals surface area (Å²) in [5, 5.41) is 15.6. The van der Waals surface area contributed by atoms with Crippen molar-refractivity contribution in [2.24, 2.45) is 0 Å². The summed E-state index contributed by atoms with van der Waals surface area (Å²) in [5.41, 5.74) is 0. The molecule has 0 aromatic carbocycles. The highest BCUT2D eigenvalue weighted by Gasteiger charge is 2.30. The number of aliphatic hydroxyl groups is 1. The summed E-state index contributed by atoms with van der Waals surface area (Å²) in [7, 11) is 0. The van der Waals surface area contributed by atoms with Gasteiger partial charge in [0.1, 0.15) is 0 Å². The predicted octanol–water partition coefficient (Wildman–Crippen LogP) is 0.543. The number of aliphatic hydroxyl groups excluding tert-OH is 1. The van der Waals surface area contributed by atoms with Gasteiger partial charge in [0.2, 0.25) is 5.91 Å². The molecule has 0 saturated carbocycles. The second-order valence-corrected chi connectivity index (χ2v) is 5.47. The van der Waals surface area contributed by atoms with Crippen molar-refractivity contribution in [1.82, 2.24) is 15.5 Å². The van der Waals surface area contributed by atoms with Crippen molar-refractivity contribution in [2.75, 3.05) is 26.2 Å². The highest BCUT2D eigenvalue weighted by molar-refractivity contribution is 5.85. The minimum atomic E-state index is -0.368. The lowest BCUT2D eigenvalue weighted by atomic mass is 10.0. The van der Waals surface area contributed by atoms with E-state index < -0.39 is 0 Å². The zero-order valence-corrected chi connectivity index (χ0v) is 13.6. The maximum absolute atomic E-state index is 12.0. The Labute approximate surface area is 133 Å². The maximum atomic E-state index is 12.0. The molecular formula is C13H27Cl2N3O2. The van der Waals surface area contributed by atoms with Crippen LogP contribution in [0.15, 0.2) is 0 Å². The number of nitrogens with one attached hydrogen (secondary N) is 2. The summed E-state index contributed by atoms with van der Waals surface area (Å²) >= 11 is 0. The Morgan fingerprint density at radius 1 is 1.35 bits per heavy atom. The minimum Gasteiger partial charge on any atom is -0.392 e. The molecule has 2 heterocycles. The van der Waals surface area contributed by atoms with Gasteiger partial charge in [-0.25, -0.2) is 0 Å². The Balaban J connectivity index is 0.00000180. The van der Waals surface area contributed by atoms with Crippen LogP contribution in [0.3, 0.4) is 0 Å². The fourth-order valence-electron chi connectivity index (χ4n) is 2.84. The van der Waals surface area contributed by atoms with Crippen LogP contribution in [0.4, 0.5) is 0 Å². The quantitative estimate of drug-likeness (QED) is 0.705. The Hall–Kier alpha value is -0.0700. The van der Waals surface area contributed by atoms with Crippen LogP contribution in [0, 0.1) is 0 Å². The second-order valence-electron chi connectivity index (χ2n) is 5.47. The van der Waals surface area contributed by atoms with Crippen LogP contribution in [0.5, 0.6) is 0 Å². The molecule has 2 aliphatic heterocycles. The van der Waals surface area contributed by atoms with Crippen LogP contribution >= 0.6 is 24.8 Å². The van der Waals surface area contributed by atoms with Crippen molar-refractivity contribution < 1.29 is 9.90 Å². The molecule has 0 aliphatic carbocycles. The number of piperidine rings is 1. The number of likely N-dealkylation sites (tertiary alicyclic amines) is 1. The van der Waals surface area contributed by atoms with Gasteiger partial charge in [-0.15, -0.1) is 24.8 Å². The van der Waals surface area contributed by atoms with Crippen LogP contribution in [0.25, 0.3) is 0 Å². The number of β-amino-alcohol motifs (C(OH)–C–C–N with tert-alkyl or cyclic N) is 1. The molecule has 0 aromatic rings. The topological polar surface area (TPSA) is 64.6 Å². The van der Waals surface area contributed by atoms with Gasteiger partial charge in [0, 0.05) is 25.7 Å². The van der Waals surface area contributed by atoms with Crippen LogP contribution in [0.1, 0.15) is 32.6 Å². The third kappa shape index (κ3) is 5.74. The molecule has 0 aromatic heterocycles. The molecule has 2 saturated heterocycles. The number of nitrogens with zero attached hydrogens (tertiary/aromatic N) is 1. The van der Waals surface area contributed by atoms with Gasteiger partial charge in [-0.1, -0.05) is 6.92 Å². The lowest BCUT2D eigenvalue weighted by Gasteiger charge is -2.32. The van der Waals surface area contributed by atoms with Gasteiger partial charge in [0.25, 0.3) is 0 Å². The fourth-order valence-corrected chi connectivity index (χ4v) is 2.84. The first-order valence-corrected chi connectivity index (χ1v) is 7.13. The molecule has 1 amide bonds. The molecule has 5 nitrogen and oxygen atoms in total. The Morgan fingerprint density at radius 2 is 2.00 bits per heavy atom. The maximum Gasteiger partial charge on any atom is 0.237 e. The molecule has 2 atom stereocenters. The first kappa shape index (κ1) is 19.9. The lowest BCUT2D eigenvalue weighted by Crippen LogP contribution is -2.49. The molecule has 0 spiro atoms. The number of carbonyl (C=O) groups excluding carboxylic acids is 1. The first-order valence-electron chi connectivity index (χ1n) is 7.13. The number of amides is 1. The Morgan fingerprint density at radius 3 is 2.50 bits per heavy atom. The van der Waals surface area contributed by atoms with Crippen LogP contribution in [0.2, 0.25) is 0 Å². The van der Waals surface area contributed by atoms with E-state index in [9.17, 15) is 9.90 Å². The summed E-state index contributed by atoms with van der Waals surface area (Å²) < 4.78 is 0. The second kappa shape index (κ2) is 9.79. The predicted molar refractivity (Wildman–Crippen MR) is 84.8 cm³/mol. The number of halogens is 2. The van der Waals surface area contributed by atoms with E-state index >= 15 is 0 Å². The largest absolute Gasteiger partial charge is 0.392 e. The standard InChI is InChI=1S/C13H25N3O2.2ClH/c1-2-5-16-6-3-10(4-7-16)15-13(18)12-8-11(17)9-14-12;;/h10-12,14,17H,2-9H2,1H3,(H,15,18);2*1H. The van der Waals surface area contributed by atoms with Gasteiger partial charge >= 0.3 is 0 Å². The number of carbonyl (C=O) groups is 1. The van der Waals surface area contributed by atoms with Crippen molar-refractivity contribution in [3.8, 4) is 0 Å². The minimum absolute atomic E-state index is 0. The van der Waals surface area contributed by atoms with E-state index in [1.54, 1.807) is 0 Å². The van der Waals surface area contributed by atoms with Crippen molar-refractivity contribution in [3.05, 3.63) is 0 Å². The molecule has 3 N–H and O–H groups in total. The normalized spacial score (nSPS) is 27.5. The molecule has 2 rings (SSSR count). The SMILES string of the molecule is CCCN1CCC(NC(=O)C2CC(O)CN2)CC1.Cl.Cl. The highest BCUT2D eigenvalue weighted by Crippen LogP contribution is 2.12. The number of rotatable bonds is 4. The van der Waals surface area contributed by atoms with Gasteiger partial charge in [-0.3, -0.25) is 4.79 Å². The van der Waals surface area contributed by atoms with Crippen molar-refractivity contribution in [1.29, 1.82) is 0 Å². The summed E-state index contributed by atoms with van der Waals surface area (Å²) in [6, 6.07) is 0.110. The molecule has 2 fully saturated rings. The van der Waals surface area contributed by atoms with Gasteiger partial charge in [0.15, 0.2) is 0 Å². The van der Waals surface area contributed by atoms with Crippen molar-refractivity contribution in [3.63, 3.8) is 0 Å². The van der Waals surface area contributed by atoms with Gasteiger partial charge < -0.3 is 20.6 Å². The molecule has 0 bridgehead atoms. The number of hydrogen-bond donors (Lipinski definition) is 3. The Kier molecular flexibility index (Phi) is 9.76. The van der Waals surface area contributed by atoms with Crippen molar-refractivity contribution >= 4 is 30.7 Å². The van der Waals surface area contributed by atoms with Gasteiger partial charge in [-0.05, 0) is 32.2 Å². The van der Waals surface area contributed by atoms with E-state index in [1.165, 1.54) is 6.42 Å². The van der Waals surface area contributed by atoms with E-state index in [0.29, 0.717) is 19.0 Å². The highest BCUT2D eigenvalue weighted by atomic mass is 35.5. The van der Waals surface area contributed by atoms with E-state index in [1.807, 2.05) is 0 Å². The fraction of sp³-hybridized carbons (Fsp3) is 0.923. The summed E-state index contributed by atoms with van der Waals surface area (Å²) in [6.07, 6.45) is 3.45. The van der Waals surface area contributed by atoms with Crippen LogP contribution in [-0.2, 0) is 4.79 Å². The van der Waals surface area contributed by atoms with E-state index in [-0.39, 0.29) is 42.9 Å². The van der Waals surface area contributed by atoms with E-state index in [4.69, 9.17) is 0 Å². The average molecular weight is 328 g/mol. The molecular weight excluding hydrogens is 301 g/mol. The zero-order chi connectivity index (χ0) is 13.0. The molecule has 2 unspecified atom stereocenters. The van der Waals surface area contributed by atoms with Gasteiger partial charge in [0.05, 0.1) is 12.1 Å². The number of hydrogen-bond acceptors (Lipinski definition) is 4. The summed E-state index contributed by atoms with van der Waals surface area (Å²) in [5.74, 6) is 0.0560. The van der Waals surface area contributed by atoms with E-state index in [2.05, 4.69) is 22.5 Å². The van der Waals surface area contributed by atoms with Gasteiger partial charge in [-0.2, -0.15) is 0 Å². The van der Waals surface area contributed by atoms with Crippen molar-refractivity contribution in [2.45, 2.75) is 50.8 Å². The Bertz CT molecular complexity index is 287. The summed E-state index contributed by atoms with van der Waals surface area (Å²) in [6.45, 7) is 6.06. The molecule has 7 heteroatoms. The van der Waals surface area contributed by atoms with Crippen LogP contribution < -0.4 is 10.6 Å². The van der Waals surface area contributed by atoms with E-state index in [0.717, 1.165) is 32.5 Å². The molecule has 120 valence electrons. The third-order valence-corrected chi connectivity index (χ3v) is 3.90. The lowest BCUT2D eigenvalue weighted by molar-refractivity contribution is -0.124. The molecule has 0 radical (unpaired) electrons. The molecule has 20 heavy (non-hydrogen) atoms. The average Bonchev–Trinajstić information content (AvgIpc) is 2.79. The third-order valence-electron chi connectivity index (χ3n) is 3.90. The monoisotopic (exact) mass is 327 g/mol.